The lowest BCUT2D eigenvalue weighted by Gasteiger charge is -2.35. The average molecular weight is 240 g/mol. The highest BCUT2D eigenvalue weighted by molar-refractivity contribution is 4.84. The molecular formula is C14H28N2O. The molecule has 2 aliphatic heterocycles. The third kappa shape index (κ3) is 3.94. The summed E-state index contributed by atoms with van der Waals surface area (Å²) in [5.74, 6) is 1.59. The number of nitrogens with zero attached hydrogens (tertiary/aromatic N) is 1. The molecule has 0 amide bonds. The van der Waals surface area contributed by atoms with Gasteiger partial charge in [-0.3, -0.25) is 0 Å². The lowest BCUT2D eigenvalue weighted by atomic mass is 9.95. The molecule has 0 spiro atoms. The molecule has 0 aromatic rings. The Morgan fingerprint density at radius 3 is 2.94 bits per heavy atom. The van der Waals surface area contributed by atoms with Gasteiger partial charge in [-0.25, -0.2) is 0 Å². The van der Waals surface area contributed by atoms with Gasteiger partial charge in [0.1, 0.15) is 0 Å². The fraction of sp³-hybridized carbons (Fsp3) is 1.00. The Kier molecular flexibility index (Phi) is 5.26. The van der Waals surface area contributed by atoms with Crippen LogP contribution >= 0.6 is 0 Å². The Hall–Kier alpha value is -0.120. The third-order valence-corrected chi connectivity index (χ3v) is 4.13. The van der Waals surface area contributed by atoms with Gasteiger partial charge in [0.15, 0.2) is 0 Å². The number of rotatable bonds is 5. The van der Waals surface area contributed by atoms with Crippen molar-refractivity contribution in [2.75, 3.05) is 39.4 Å². The molecule has 0 aliphatic carbocycles. The molecule has 3 nitrogen and oxygen atoms in total. The van der Waals surface area contributed by atoms with E-state index in [0.29, 0.717) is 12.0 Å². The topological polar surface area (TPSA) is 24.5 Å². The normalized spacial score (nSPS) is 35.3. The molecule has 0 aromatic carbocycles. The maximum Gasteiger partial charge on any atom is 0.0521 e. The van der Waals surface area contributed by atoms with Gasteiger partial charge < -0.3 is 15.0 Å². The van der Waals surface area contributed by atoms with Crippen LogP contribution in [0.15, 0.2) is 0 Å². The molecule has 3 unspecified atom stereocenters. The van der Waals surface area contributed by atoms with Crippen LogP contribution in [0.3, 0.4) is 0 Å². The minimum Gasteiger partial charge on any atom is -0.381 e. The third-order valence-electron chi connectivity index (χ3n) is 4.13. The SMILES string of the molecule is CCCNC1CCOCC1CN1CCC(C)C1. The Labute approximate surface area is 106 Å². The monoisotopic (exact) mass is 240 g/mol. The minimum atomic E-state index is 0.680. The summed E-state index contributed by atoms with van der Waals surface area (Å²) in [6, 6.07) is 0.680. The molecule has 100 valence electrons. The molecule has 2 rings (SSSR count). The summed E-state index contributed by atoms with van der Waals surface area (Å²) in [6.45, 7) is 11.5. The first-order valence-corrected chi connectivity index (χ1v) is 7.33. The van der Waals surface area contributed by atoms with E-state index in [1.165, 1.54) is 38.9 Å². The van der Waals surface area contributed by atoms with Crippen molar-refractivity contribution < 1.29 is 4.74 Å². The summed E-state index contributed by atoms with van der Waals surface area (Å²) in [4.78, 5) is 2.63. The van der Waals surface area contributed by atoms with Crippen LogP contribution in [0.5, 0.6) is 0 Å². The van der Waals surface area contributed by atoms with E-state index in [9.17, 15) is 0 Å². The molecule has 2 saturated heterocycles. The van der Waals surface area contributed by atoms with Gasteiger partial charge in [-0.05, 0) is 38.3 Å². The van der Waals surface area contributed by atoms with Gasteiger partial charge in [0.2, 0.25) is 0 Å². The van der Waals surface area contributed by atoms with Crippen LogP contribution in [-0.2, 0) is 4.74 Å². The summed E-state index contributed by atoms with van der Waals surface area (Å²) < 4.78 is 5.66. The summed E-state index contributed by atoms with van der Waals surface area (Å²) in [5, 5.41) is 3.70. The standard InChI is InChI=1S/C14H28N2O/c1-3-6-15-14-5-8-17-11-13(14)10-16-7-4-12(2)9-16/h12-15H,3-11H2,1-2H3. The number of hydrogen-bond donors (Lipinski definition) is 1. The molecule has 3 heteroatoms. The van der Waals surface area contributed by atoms with E-state index in [-0.39, 0.29) is 0 Å². The lowest BCUT2D eigenvalue weighted by Crippen LogP contribution is -2.47. The lowest BCUT2D eigenvalue weighted by molar-refractivity contribution is 0.0192. The van der Waals surface area contributed by atoms with Gasteiger partial charge in [0.05, 0.1) is 6.61 Å². The van der Waals surface area contributed by atoms with Crippen molar-refractivity contribution in [1.29, 1.82) is 0 Å². The van der Waals surface area contributed by atoms with Crippen LogP contribution in [0.2, 0.25) is 0 Å². The fourth-order valence-corrected chi connectivity index (χ4v) is 3.10. The number of hydrogen-bond acceptors (Lipinski definition) is 3. The molecular weight excluding hydrogens is 212 g/mol. The predicted octanol–water partition coefficient (Wildman–Crippen LogP) is 1.73. The van der Waals surface area contributed by atoms with E-state index < -0.39 is 0 Å². The largest absolute Gasteiger partial charge is 0.381 e. The first-order chi connectivity index (χ1) is 8.29. The zero-order valence-electron chi connectivity index (χ0n) is 11.5. The maximum absolute atomic E-state index is 5.66. The second-order valence-electron chi connectivity index (χ2n) is 5.84. The van der Waals surface area contributed by atoms with Crippen LogP contribution in [0.1, 0.15) is 33.1 Å². The molecule has 0 bridgehead atoms. The van der Waals surface area contributed by atoms with Gasteiger partial charge in [-0.1, -0.05) is 13.8 Å². The van der Waals surface area contributed by atoms with Crippen LogP contribution in [0.25, 0.3) is 0 Å². The molecule has 0 radical (unpaired) electrons. The average Bonchev–Trinajstić information content (AvgIpc) is 2.74. The fourth-order valence-electron chi connectivity index (χ4n) is 3.10. The van der Waals surface area contributed by atoms with Crippen LogP contribution in [0, 0.1) is 11.8 Å². The zero-order chi connectivity index (χ0) is 12.1. The smallest absolute Gasteiger partial charge is 0.0521 e. The number of nitrogens with one attached hydrogen (secondary N) is 1. The second kappa shape index (κ2) is 6.72. The molecule has 0 aromatic heterocycles. The van der Waals surface area contributed by atoms with E-state index in [0.717, 1.165) is 25.7 Å². The first kappa shape index (κ1) is 13.3. The van der Waals surface area contributed by atoms with E-state index in [1.807, 2.05) is 0 Å². The second-order valence-corrected chi connectivity index (χ2v) is 5.84. The van der Waals surface area contributed by atoms with Crippen molar-refractivity contribution in [2.24, 2.45) is 11.8 Å². The van der Waals surface area contributed by atoms with Gasteiger partial charge in [-0.15, -0.1) is 0 Å². The van der Waals surface area contributed by atoms with E-state index in [1.54, 1.807) is 0 Å². The van der Waals surface area contributed by atoms with Crippen molar-refractivity contribution >= 4 is 0 Å². The van der Waals surface area contributed by atoms with Gasteiger partial charge in [0, 0.05) is 31.7 Å². The van der Waals surface area contributed by atoms with Crippen LogP contribution < -0.4 is 5.32 Å². The Balaban J connectivity index is 1.79. The molecule has 3 atom stereocenters. The highest BCUT2D eigenvalue weighted by atomic mass is 16.5. The quantitative estimate of drug-likeness (QED) is 0.792. The number of ether oxygens (including phenoxy) is 1. The van der Waals surface area contributed by atoms with Crippen molar-refractivity contribution in [3.05, 3.63) is 0 Å². The van der Waals surface area contributed by atoms with Crippen LogP contribution in [0.4, 0.5) is 0 Å². The minimum absolute atomic E-state index is 0.680. The summed E-state index contributed by atoms with van der Waals surface area (Å²) in [7, 11) is 0. The van der Waals surface area contributed by atoms with E-state index in [4.69, 9.17) is 4.74 Å². The van der Waals surface area contributed by atoms with Crippen molar-refractivity contribution in [3.8, 4) is 0 Å². The molecule has 2 heterocycles. The van der Waals surface area contributed by atoms with Crippen molar-refractivity contribution in [1.82, 2.24) is 10.2 Å². The van der Waals surface area contributed by atoms with Gasteiger partial charge in [0.25, 0.3) is 0 Å². The summed E-state index contributed by atoms with van der Waals surface area (Å²) in [6.07, 6.45) is 3.79. The van der Waals surface area contributed by atoms with Gasteiger partial charge >= 0.3 is 0 Å². The Morgan fingerprint density at radius 2 is 2.24 bits per heavy atom. The maximum atomic E-state index is 5.66. The highest BCUT2D eigenvalue weighted by Crippen LogP contribution is 2.21. The molecule has 1 N–H and O–H groups in total. The molecule has 2 aliphatic rings. The molecule has 17 heavy (non-hydrogen) atoms. The Bertz CT molecular complexity index is 222. The van der Waals surface area contributed by atoms with Gasteiger partial charge in [-0.2, -0.15) is 0 Å². The zero-order valence-corrected chi connectivity index (χ0v) is 11.5. The Morgan fingerprint density at radius 1 is 1.35 bits per heavy atom. The summed E-state index contributed by atoms with van der Waals surface area (Å²) in [5.41, 5.74) is 0. The van der Waals surface area contributed by atoms with E-state index in [2.05, 4.69) is 24.1 Å². The predicted molar refractivity (Wildman–Crippen MR) is 71.2 cm³/mol. The molecule has 2 fully saturated rings. The van der Waals surface area contributed by atoms with Crippen molar-refractivity contribution in [3.63, 3.8) is 0 Å². The van der Waals surface area contributed by atoms with E-state index >= 15 is 0 Å². The van der Waals surface area contributed by atoms with Crippen LogP contribution in [-0.4, -0.2) is 50.3 Å². The van der Waals surface area contributed by atoms with Crippen molar-refractivity contribution in [2.45, 2.75) is 39.2 Å². The highest BCUT2D eigenvalue weighted by Gasteiger charge is 2.29. The first-order valence-electron chi connectivity index (χ1n) is 7.33. The summed E-state index contributed by atoms with van der Waals surface area (Å²) >= 11 is 0. The molecule has 0 saturated carbocycles. The number of likely N-dealkylation sites (tertiary alicyclic amines) is 1.